The van der Waals surface area contributed by atoms with Crippen molar-refractivity contribution in [3.8, 4) is 11.8 Å². The zero-order chi connectivity index (χ0) is 12.6. The summed E-state index contributed by atoms with van der Waals surface area (Å²) in [6.45, 7) is 1.23. The Balaban J connectivity index is 2.42. The summed E-state index contributed by atoms with van der Waals surface area (Å²) < 4.78 is 18.6. The summed E-state index contributed by atoms with van der Waals surface area (Å²) in [4.78, 5) is 22.4. The number of carbonyl (C=O) groups excluding carboxylic acids is 2. The first-order valence-electron chi connectivity index (χ1n) is 4.92. The van der Waals surface area contributed by atoms with Crippen LogP contribution in [-0.2, 0) is 11.2 Å². The van der Waals surface area contributed by atoms with Gasteiger partial charge in [-0.15, -0.1) is 0 Å². The van der Waals surface area contributed by atoms with Gasteiger partial charge < -0.3 is 4.74 Å². The smallest absolute Gasteiger partial charge is 0.308 e. The summed E-state index contributed by atoms with van der Waals surface area (Å²) in [6, 6.07) is 5.62. The third kappa shape index (κ3) is 1.78. The van der Waals surface area contributed by atoms with Crippen LogP contribution < -0.4 is 4.74 Å². The van der Waals surface area contributed by atoms with E-state index in [0.29, 0.717) is 5.56 Å². The maximum Gasteiger partial charge on any atom is 0.308 e. The van der Waals surface area contributed by atoms with E-state index in [1.807, 2.05) is 0 Å². The molecule has 1 aliphatic carbocycles. The van der Waals surface area contributed by atoms with Crippen molar-refractivity contribution in [2.75, 3.05) is 0 Å². The Labute approximate surface area is 96.6 Å². The zero-order valence-electron chi connectivity index (χ0n) is 8.99. The number of alkyl halides is 1. The molecular weight excluding hydrogens is 225 g/mol. The van der Waals surface area contributed by atoms with E-state index < -0.39 is 17.4 Å². The average molecular weight is 233 g/mol. The quantitative estimate of drug-likeness (QED) is 0.545. The third-order valence-electron chi connectivity index (χ3n) is 2.56. The number of nitriles is 1. The number of ether oxygens (including phenoxy) is 1. The first-order valence-corrected chi connectivity index (χ1v) is 4.92. The molecule has 17 heavy (non-hydrogen) atoms. The Kier molecular flexibility index (Phi) is 2.43. The van der Waals surface area contributed by atoms with Crippen LogP contribution in [0.4, 0.5) is 4.39 Å². The number of esters is 1. The summed E-state index contributed by atoms with van der Waals surface area (Å²) in [6.07, 6.45) is -0.252. The van der Waals surface area contributed by atoms with E-state index in [2.05, 4.69) is 0 Å². The van der Waals surface area contributed by atoms with Gasteiger partial charge in [0.15, 0.2) is 0 Å². The number of nitrogens with zero attached hydrogens (tertiary/aromatic N) is 1. The Morgan fingerprint density at radius 3 is 2.88 bits per heavy atom. The van der Waals surface area contributed by atoms with E-state index in [9.17, 15) is 14.0 Å². The van der Waals surface area contributed by atoms with Gasteiger partial charge in [0.25, 0.3) is 5.67 Å². The zero-order valence-corrected chi connectivity index (χ0v) is 8.99. The average Bonchev–Trinajstić information content (AvgIpc) is 2.52. The fourth-order valence-electron chi connectivity index (χ4n) is 1.80. The number of benzene rings is 1. The lowest BCUT2D eigenvalue weighted by Crippen LogP contribution is -2.27. The predicted molar refractivity (Wildman–Crippen MR) is 55.2 cm³/mol. The predicted octanol–water partition coefficient (Wildman–Crippen LogP) is 1.58. The summed E-state index contributed by atoms with van der Waals surface area (Å²) in [5, 5.41) is 8.65. The van der Waals surface area contributed by atoms with Gasteiger partial charge in [-0.1, -0.05) is 6.07 Å². The number of fused-ring (bicyclic) bond motifs is 1. The molecule has 86 valence electrons. The van der Waals surface area contributed by atoms with Gasteiger partial charge in [0.2, 0.25) is 5.78 Å². The van der Waals surface area contributed by atoms with Crippen LogP contribution in [0.5, 0.6) is 5.75 Å². The topological polar surface area (TPSA) is 67.2 Å². The summed E-state index contributed by atoms with van der Waals surface area (Å²) in [5.74, 6) is -1.22. The lowest BCUT2D eigenvalue weighted by molar-refractivity contribution is -0.131. The van der Waals surface area contributed by atoms with Crippen LogP contribution in [0.1, 0.15) is 22.8 Å². The fraction of sp³-hybridized carbons (Fsp3) is 0.250. The first-order chi connectivity index (χ1) is 7.96. The highest BCUT2D eigenvalue weighted by atomic mass is 19.1. The van der Waals surface area contributed by atoms with Gasteiger partial charge in [-0.05, 0) is 17.7 Å². The van der Waals surface area contributed by atoms with Crippen LogP contribution in [0.3, 0.4) is 0 Å². The molecule has 0 bridgehead atoms. The van der Waals surface area contributed by atoms with Crippen LogP contribution in [0.2, 0.25) is 0 Å². The van der Waals surface area contributed by atoms with Crippen molar-refractivity contribution >= 4 is 11.8 Å². The molecule has 0 heterocycles. The van der Waals surface area contributed by atoms with E-state index in [-0.39, 0.29) is 17.7 Å². The van der Waals surface area contributed by atoms with Crippen molar-refractivity contribution in [3.63, 3.8) is 0 Å². The minimum atomic E-state index is -2.49. The van der Waals surface area contributed by atoms with Crippen molar-refractivity contribution in [2.24, 2.45) is 0 Å². The van der Waals surface area contributed by atoms with Gasteiger partial charge in [-0.3, -0.25) is 9.59 Å². The molecule has 0 saturated carbocycles. The normalized spacial score (nSPS) is 21.8. The molecule has 0 unspecified atom stereocenters. The molecule has 5 heteroatoms. The number of hydrogen-bond acceptors (Lipinski definition) is 4. The second kappa shape index (κ2) is 3.67. The lowest BCUT2D eigenvalue weighted by Gasteiger charge is -2.04. The molecule has 0 aromatic heterocycles. The monoisotopic (exact) mass is 233 g/mol. The first kappa shape index (κ1) is 11.3. The number of ketones is 1. The van der Waals surface area contributed by atoms with Gasteiger partial charge >= 0.3 is 5.97 Å². The maximum absolute atomic E-state index is 13.8. The second-order valence-corrected chi connectivity index (χ2v) is 3.83. The van der Waals surface area contributed by atoms with Gasteiger partial charge in [0, 0.05) is 18.9 Å². The molecule has 1 aliphatic rings. The molecular formula is C12H8FNO3. The van der Waals surface area contributed by atoms with E-state index in [1.54, 1.807) is 0 Å². The summed E-state index contributed by atoms with van der Waals surface area (Å²) in [7, 11) is 0. The summed E-state index contributed by atoms with van der Waals surface area (Å²) in [5.41, 5.74) is -1.93. The molecule has 2 rings (SSSR count). The van der Waals surface area contributed by atoms with E-state index in [4.69, 9.17) is 10.00 Å². The van der Waals surface area contributed by atoms with Crippen LogP contribution in [0.25, 0.3) is 0 Å². The van der Waals surface area contributed by atoms with Crippen molar-refractivity contribution < 1.29 is 18.7 Å². The second-order valence-electron chi connectivity index (χ2n) is 3.83. The van der Waals surface area contributed by atoms with Gasteiger partial charge in [0.1, 0.15) is 11.8 Å². The van der Waals surface area contributed by atoms with Crippen molar-refractivity contribution in [3.05, 3.63) is 29.3 Å². The molecule has 0 amide bonds. The number of Topliss-reactive ketones (excluding diaryl/α,β-unsaturated/α-hetero) is 1. The third-order valence-corrected chi connectivity index (χ3v) is 2.56. The molecule has 0 spiro atoms. The van der Waals surface area contributed by atoms with Crippen molar-refractivity contribution in [2.45, 2.75) is 19.0 Å². The molecule has 0 N–H and O–H groups in total. The number of carbonyl (C=O) groups is 2. The Hall–Kier alpha value is -2.22. The molecule has 0 saturated heterocycles. The summed E-state index contributed by atoms with van der Waals surface area (Å²) >= 11 is 0. The fourth-order valence-corrected chi connectivity index (χ4v) is 1.80. The maximum atomic E-state index is 13.8. The van der Waals surface area contributed by atoms with Crippen LogP contribution in [0, 0.1) is 11.3 Å². The minimum Gasteiger partial charge on any atom is -0.427 e. The lowest BCUT2D eigenvalue weighted by atomic mass is 10.0. The highest BCUT2D eigenvalue weighted by molar-refractivity contribution is 6.09. The Morgan fingerprint density at radius 1 is 1.59 bits per heavy atom. The van der Waals surface area contributed by atoms with Crippen LogP contribution >= 0.6 is 0 Å². The number of halogens is 1. The largest absolute Gasteiger partial charge is 0.427 e. The van der Waals surface area contributed by atoms with Crippen LogP contribution in [-0.4, -0.2) is 17.4 Å². The molecule has 4 nitrogen and oxygen atoms in total. The minimum absolute atomic E-state index is 0.104. The Morgan fingerprint density at radius 2 is 2.29 bits per heavy atom. The molecule has 1 aromatic carbocycles. The van der Waals surface area contributed by atoms with Gasteiger partial charge in [-0.2, -0.15) is 5.26 Å². The van der Waals surface area contributed by atoms with E-state index in [1.165, 1.54) is 31.2 Å². The van der Waals surface area contributed by atoms with Gasteiger partial charge in [0.05, 0.1) is 0 Å². The van der Waals surface area contributed by atoms with E-state index in [0.717, 1.165) is 0 Å². The Bertz CT molecular complexity index is 561. The molecule has 1 atom stereocenters. The highest BCUT2D eigenvalue weighted by Gasteiger charge is 2.46. The van der Waals surface area contributed by atoms with E-state index >= 15 is 0 Å². The molecule has 0 fully saturated rings. The van der Waals surface area contributed by atoms with Gasteiger partial charge in [-0.25, -0.2) is 4.39 Å². The van der Waals surface area contributed by atoms with Crippen molar-refractivity contribution in [1.29, 1.82) is 5.26 Å². The van der Waals surface area contributed by atoms with Crippen molar-refractivity contribution in [1.82, 2.24) is 0 Å². The van der Waals surface area contributed by atoms with Crippen LogP contribution in [0.15, 0.2) is 18.2 Å². The molecule has 1 aromatic rings. The highest BCUT2D eigenvalue weighted by Crippen LogP contribution is 2.34. The SMILES string of the molecule is CC(=O)Oc1ccc2c(c1)C(=O)[C@](F)(C#N)C2. The standard InChI is InChI=1S/C12H8FNO3/c1-7(15)17-9-3-2-8-5-12(13,6-14)11(16)10(8)4-9/h2-4H,5H2,1H3/t12-/m1/s1. The molecule has 0 radical (unpaired) electrons. The number of hydrogen-bond donors (Lipinski definition) is 0. The molecule has 0 aliphatic heterocycles. The number of rotatable bonds is 1.